The molecule has 0 fully saturated rings. The van der Waals surface area contributed by atoms with E-state index < -0.39 is 6.04 Å². The van der Waals surface area contributed by atoms with Crippen molar-refractivity contribution in [3.05, 3.63) is 59.2 Å². The van der Waals surface area contributed by atoms with Gasteiger partial charge in [-0.3, -0.25) is 9.59 Å². The van der Waals surface area contributed by atoms with Gasteiger partial charge in [0.05, 0.1) is 17.9 Å². The van der Waals surface area contributed by atoms with E-state index in [9.17, 15) is 9.59 Å². The average Bonchev–Trinajstić information content (AvgIpc) is 3.02. The molecule has 0 saturated heterocycles. The van der Waals surface area contributed by atoms with E-state index in [1.54, 1.807) is 11.8 Å². The highest BCUT2D eigenvalue weighted by atomic mass is 16.2. The Bertz CT molecular complexity index is 900. The zero-order valence-corrected chi connectivity index (χ0v) is 16.0. The van der Waals surface area contributed by atoms with Crippen molar-refractivity contribution < 1.29 is 9.59 Å². The number of anilines is 2. The highest BCUT2D eigenvalue weighted by Gasteiger charge is 2.27. The number of aryl methyl sites for hydroxylation is 2. The van der Waals surface area contributed by atoms with Crippen LogP contribution in [0, 0.1) is 13.8 Å². The minimum Gasteiger partial charge on any atom is -0.373 e. The van der Waals surface area contributed by atoms with Crippen molar-refractivity contribution >= 4 is 28.9 Å². The Kier molecular flexibility index (Phi) is 5.26. The maximum atomic E-state index is 12.5. The van der Waals surface area contributed by atoms with E-state index >= 15 is 0 Å². The van der Waals surface area contributed by atoms with Crippen LogP contribution < -0.4 is 15.6 Å². The maximum absolute atomic E-state index is 12.5. The van der Waals surface area contributed by atoms with Gasteiger partial charge >= 0.3 is 0 Å². The molecule has 0 spiro atoms. The van der Waals surface area contributed by atoms with Crippen LogP contribution in [0.2, 0.25) is 0 Å². The van der Waals surface area contributed by atoms with Gasteiger partial charge in [0.2, 0.25) is 5.91 Å². The molecule has 2 aromatic carbocycles. The summed E-state index contributed by atoms with van der Waals surface area (Å²) < 4.78 is 0. The summed E-state index contributed by atoms with van der Waals surface area (Å²) in [6, 6.07) is 13.1. The normalized spacial score (nSPS) is 15.4. The summed E-state index contributed by atoms with van der Waals surface area (Å²) >= 11 is 0. The third-order valence-corrected chi connectivity index (χ3v) is 4.73. The van der Waals surface area contributed by atoms with Gasteiger partial charge < -0.3 is 10.2 Å². The molecule has 1 unspecified atom stereocenters. The summed E-state index contributed by atoms with van der Waals surface area (Å²) in [4.78, 5) is 26.0. The molecule has 6 heteroatoms. The Labute approximate surface area is 159 Å². The Morgan fingerprint density at radius 2 is 1.74 bits per heavy atom. The summed E-state index contributed by atoms with van der Waals surface area (Å²) in [5, 5.41) is 7.54. The van der Waals surface area contributed by atoms with Crippen molar-refractivity contribution in [2.24, 2.45) is 5.10 Å². The number of carbonyl (C=O) groups is 2. The lowest BCUT2D eigenvalue weighted by Crippen LogP contribution is -2.36. The molecule has 27 heavy (non-hydrogen) atoms. The van der Waals surface area contributed by atoms with Crippen molar-refractivity contribution in [1.82, 2.24) is 5.43 Å². The van der Waals surface area contributed by atoms with E-state index in [1.807, 2.05) is 56.3 Å². The van der Waals surface area contributed by atoms with Crippen LogP contribution in [0.1, 0.15) is 30.5 Å². The van der Waals surface area contributed by atoms with Crippen LogP contribution in [0.3, 0.4) is 0 Å². The number of benzene rings is 2. The monoisotopic (exact) mass is 364 g/mol. The van der Waals surface area contributed by atoms with Gasteiger partial charge in [0, 0.05) is 18.2 Å². The molecule has 1 aliphatic rings. The Morgan fingerprint density at radius 1 is 1.07 bits per heavy atom. The lowest BCUT2D eigenvalue weighted by Gasteiger charge is -2.17. The van der Waals surface area contributed by atoms with E-state index in [4.69, 9.17) is 0 Å². The maximum Gasteiger partial charge on any atom is 0.262 e. The predicted octanol–water partition coefficient (Wildman–Crippen LogP) is 2.99. The largest absolute Gasteiger partial charge is 0.373 e. The van der Waals surface area contributed by atoms with Crippen molar-refractivity contribution in [2.75, 3.05) is 16.8 Å². The van der Waals surface area contributed by atoms with Gasteiger partial charge in [-0.2, -0.15) is 5.10 Å². The number of fused-ring (bicyclic) bond motifs is 1. The molecule has 1 atom stereocenters. The first-order valence-corrected chi connectivity index (χ1v) is 8.95. The minimum absolute atomic E-state index is 0.0518. The van der Waals surface area contributed by atoms with Crippen LogP contribution in [0.15, 0.2) is 47.6 Å². The summed E-state index contributed by atoms with van der Waals surface area (Å²) in [5.74, 6) is -0.284. The SMILES string of the molecule is CC(=O)N1CC(=NNC(=O)C(C)Nc2c(C)cccc2C)c2ccccc21. The van der Waals surface area contributed by atoms with E-state index in [0.29, 0.717) is 12.3 Å². The smallest absolute Gasteiger partial charge is 0.262 e. The molecule has 1 heterocycles. The third kappa shape index (κ3) is 3.84. The molecule has 1 aliphatic heterocycles. The summed E-state index contributed by atoms with van der Waals surface area (Å²) in [6.07, 6.45) is 0. The standard InChI is InChI=1S/C21H24N4O2/c1-13-8-7-9-14(2)20(13)22-15(3)21(27)24-23-18-12-25(16(4)26)19-11-6-5-10-17(18)19/h5-11,15,22H,12H2,1-4H3,(H,24,27). The molecule has 2 aromatic rings. The zero-order valence-electron chi connectivity index (χ0n) is 16.0. The van der Waals surface area contributed by atoms with Crippen LogP contribution in [0.25, 0.3) is 0 Å². The highest BCUT2D eigenvalue weighted by Crippen LogP contribution is 2.28. The first-order valence-electron chi connectivity index (χ1n) is 8.95. The second-order valence-corrected chi connectivity index (χ2v) is 6.79. The Hall–Kier alpha value is -3.15. The van der Waals surface area contributed by atoms with Gasteiger partial charge in [-0.05, 0) is 38.0 Å². The second kappa shape index (κ2) is 7.61. The van der Waals surface area contributed by atoms with Gasteiger partial charge in [-0.25, -0.2) is 5.43 Å². The number of para-hydroxylation sites is 2. The van der Waals surface area contributed by atoms with E-state index in [0.717, 1.165) is 28.1 Å². The molecular formula is C21H24N4O2. The Morgan fingerprint density at radius 3 is 2.41 bits per heavy atom. The third-order valence-electron chi connectivity index (χ3n) is 4.73. The first kappa shape index (κ1) is 18.6. The zero-order chi connectivity index (χ0) is 19.6. The molecule has 2 N–H and O–H groups in total. The molecule has 0 aromatic heterocycles. The van der Waals surface area contributed by atoms with Gasteiger partial charge in [0.15, 0.2) is 0 Å². The molecular weight excluding hydrogens is 340 g/mol. The number of hydrazone groups is 1. The predicted molar refractivity (Wildman–Crippen MR) is 108 cm³/mol. The number of nitrogens with zero attached hydrogens (tertiary/aromatic N) is 2. The summed E-state index contributed by atoms with van der Waals surface area (Å²) in [7, 11) is 0. The van der Waals surface area contributed by atoms with Crippen molar-refractivity contribution in [1.29, 1.82) is 0 Å². The van der Waals surface area contributed by atoms with Crippen molar-refractivity contribution in [3.8, 4) is 0 Å². The molecule has 3 rings (SSSR count). The van der Waals surface area contributed by atoms with Crippen molar-refractivity contribution in [2.45, 2.75) is 33.7 Å². The molecule has 2 amide bonds. The van der Waals surface area contributed by atoms with Gasteiger partial charge in [-0.15, -0.1) is 0 Å². The summed E-state index contributed by atoms with van der Waals surface area (Å²) in [6.45, 7) is 7.69. The van der Waals surface area contributed by atoms with Gasteiger partial charge in [-0.1, -0.05) is 36.4 Å². The fourth-order valence-electron chi connectivity index (χ4n) is 3.19. The number of hydrogen-bond donors (Lipinski definition) is 2. The molecule has 0 aliphatic carbocycles. The number of carbonyl (C=O) groups excluding carboxylic acids is 2. The first-order chi connectivity index (χ1) is 12.9. The number of hydrogen-bond acceptors (Lipinski definition) is 4. The fraction of sp³-hybridized carbons (Fsp3) is 0.286. The summed E-state index contributed by atoms with van der Waals surface area (Å²) in [5.41, 5.74) is 8.12. The molecule has 140 valence electrons. The minimum atomic E-state index is -0.449. The van der Waals surface area contributed by atoms with E-state index in [2.05, 4.69) is 15.8 Å². The quantitative estimate of drug-likeness (QED) is 0.819. The van der Waals surface area contributed by atoms with E-state index in [-0.39, 0.29) is 11.8 Å². The van der Waals surface area contributed by atoms with Crippen LogP contribution in [-0.2, 0) is 9.59 Å². The van der Waals surface area contributed by atoms with Crippen LogP contribution in [0.5, 0.6) is 0 Å². The topological polar surface area (TPSA) is 73.8 Å². The highest BCUT2D eigenvalue weighted by molar-refractivity contribution is 6.17. The van der Waals surface area contributed by atoms with Gasteiger partial charge in [0.1, 0.15) is 6.04 Å². The Balaban J connectivity index is 1.72. The number of rotatable bonds is 4. The molecule has 0 radical (unpaired) electrons. The van der Waals surface area contributed by atoms with Crippen LogP contribution >= 0.6 is 0 Å². The van der Waals surface area contributed by atoms with E-state index in [1.165, 1.54) is 6.92 Å². The van der Waals surface area contributed by atoms with Crippen LogP contribution in [0.4, 0.5) is 11.4 Å². The van der Waals surface area contributed by atoms with Gasteiger partial charge in [0.25, 0.3) is 5.91 Å². The van der Waals surface area contributed by atoms with Crippen LogP contribution in [-0.4, -0.2) is 30.1 Å². The number of nitrogens with one attached hydrogen (secondary N) is 2. The lowest BCUT2D eigenvalue weighted by atomic mass is 10.1. The molecule has 0 bridgehead atoms. The lowest BCUT2D eigenvalue weighted by molar-refractivity contribution is -0.121. The second-order valence-electron chi connectivity index (χ2n) is 6.79. The van der Waals surface area contributed by atoms with Crippen molar-refractivity contribution in [3.63, 3.8) is 0 Å². The number of amides is 2. The fourth-order valence-corrected chi connectivity index (χ4v) is 3.19. The molecule has 6 nitrogen and oxygen atoms in total. The molecule has 0 saturated carbocycles. The average molecular weight is 364 g/mol.